The molecule has 0 bridgehead atoms. The third-order valence-electron chi connectivity index (χ3n) is 5.80. The molecule has 0 saturated carbocycles. The molecule has 12 heteroatoms. The van der Waals surface area contributed by atoms with Gasteiger partial charge in [0.15, 0.2) is 0 Å². The number of halogens is 1. The van der Waals surface area contributed by atoms with Crippen LogP contribution in [-0.4, -0.2) is 81.8 Å². The van der Waals surface area contributed by atoms with Crippen LogP contribution >= 0.6 is 22.6 Å². The van der Waals surface area contributed by atoms with Crippen molar-refractivity contribution in [3.63, 3.8) is 0 Å². The second-order valence-electron chi connectivity index (χ2n) is 9.29. The maximum atomic E-state index is 12.1. The number of hydrogen-bond acceptors (Lipinski definition) is 7. The van der Waals surface area contributed by atoms with Crippen LogP contribution in [0, 0.1) is 3.57 Å². The van der Waals surface area contributed by atoms with E-state index in [4.69, 9.17) is 15.2 Å². The fraction of sp³-hybridized carbons (Fsp3) is 0.615. The Labute approximate surface area is 238 Å². The van der Waals surface area contributed by atoms with E-state index in [2.05, 4.69) is 43.9 Å². The maximum Gasteiger partial charge on any atom is 0.246 e. The first-order valence-corrected chi connectivity index (χ1v) is 13.9. The van der Waals surface area contributed by atoms with Gasteiger partial charge < -0.3 is 36.5 Å². The third-order valence-corrected chi connectivity index (χ3v) is 6.52. The Bertz CT molecular complexity index is 881. The first-order valence-electron chi connectivity index (χ1n) is 12.8. The van der Waals surface area contributed by atoms with Gasteiger partial charge in [0.1, 0.15) is 12.6 Å². The molecular formula is C26H42IN5O6. The van der Waals surface area contributed by atoms with E-state index in [1.165, 1.54) is 0 Å². The lowest BCUT2D eigenvalue weighted by molar-refractivity contribution is -0.131. The number of hydrogen-bond donors (Lipinski definition) is 5. The quantitative estimate of drug-likeness (QED) is 0.103. The predicted molar refractivity (Wildman–Crippen MR) is 153 cm³/mol. The molecule has 1 aromatic rings. The molecule has 4 amide bonds. The van der Waals surface area contributed by atoms with E-state index < -0.39 is 23.4 Å². The molecule has 11 nitrogen and oxygen atoms in total. The van der Waals surface area contributed by atoms with Crippen molar-refractivity contribution in [2.45, 2.75) is 57.5 Å². The highest BCUT2D eigenvalue weighted by atomic mass is 127. The third kappa shape index (κ3) is 15.2. The van der Waals surface area contributed by atoms with Crippen molar-refractivity contribution in [3.05, 3.63) is 33.4 Å². The van der Waals surface area contributed by atoms with Gasteiger partial charge in [-0.05, 0) is 86.9 Å². The van der Waals surface area contributed by atoms with E-state index in [1.807, 2.05) is 24.3 Å². The molecule has 1 aromatic carbocycles. The zero-order chi connectivity index (χ0) is 28.4. The number of nitrogens with one attached hydrogen (secondary N) is 4. The summed E-state index contributed by atoms with van der Waals surface area (Å²) in [5.41, 5.74) is 5.88. The predicted octanol–water partition coefficient (Wildman–Crippen LogP) is 0.628. The van der Waals surface area contributed by atoms with Gasteiger partial charge in [-0.25, -0.2) is 0 Å². The van der Waals surface area contributed by atoms with Crippen molar-refractivity contribution < 1.29 is 28.7 Å². The molecule has 38 heavy (non-hydrogen) atoms. The Morgan fingerprint density at radius 2 is 1.63 bits per heavy atom. The van der Waals surface area contributed by atoms with Crippen LogP contribution in [-0.2, 0) is 35.1 Å². The van der Waals surface area contributed by atoms with Crippen molar-refractivity contribution in [1.29, 1.82) is 0 Å². The number of aryl methyl sites for hydroxylation is 1. The van der Waals surface area contributed by atoms with Crippen LogP contribution in [0.1, 0.15) is 45.1 Å². The van der Waals surface area contributed by atoms with E-state index in [9.17, 15) is 19.2 Å². The summed E-state index contributed by atoms with van der Waals surface area (Å²) in [6.07, 6.45) is 2.74. The molecule has 0 aliphatic heterocycles. The van der Waals surface area contributed by atoms with Crippen LogP contribution in [0.2, 0.25) is 0 Å². The molecule has 0 fully saturated rings. The first kappa shape index (κ1) is 33.7. The highest BCUT2D eigenvalue weighted by Gasteiger charge is 2.24. The normalized spacial score (nSPS) is 12.0. The highest BCUT2D eigenvalue weighted by molar-refractivity contribution is 14.1. The fourth-order valence-electron chi connectivity index (χ4n) is 3.18. The molecule has 6 N–H and O–H groups in total. The van der Waals surface area contributed by atoms with E-state index in [1.54, 1.807) is 20.9 Å². The summed E-state index contributed by atoms with van der Waals surface area (Å²) in [6, 6.07) is 7.26. The van der Waals surface area contributed by atoms with Crippen molar-refractivity contribution in [1.82, 2.24) is 21.3 Å². The second-order valence-corrected chi connectivity index (χ2v) is 10.5. The molecule has 1 atom stereocenters. The van der Waals surface area contributed by atoms with Crippen LogP contribution in [0.5, 0.6) is 0 Å². The summed E-state index contributed by atoms with van der Waals surface area (Å²) in [5, 5.41) is 11.1. The molecule has 0 saturated heterocycles. The van der Waals surface area contributed by atoms with Crippen molar-refractivity contribution in [2.75, 3.05) is 46.6 Å². The fourth-order valence-corrected chi connectivity index (χ4v) is 3.54. The van der Waals surface area contributed by atoms with Gasteiger partial charge in [0, 0.05) is 23.1 Å². The summed E-state index contributed by atoms with van der Waals surface area (Å²) in [4.78, 5) is 47.7. The summed E-state index contributed by atoms with van der Waals surface area (Å²) in [5.74, 6) is -1.21. The Kier molecular flexibility index (Phi) is 16.8. The van der Waals surface area contributed by atoms with Gasteiger partial charge >= 0.3 is 0 Å². The summed E-state index contributed by atoms with van der Waals surface area (Å²) in [7, 11) is 1.71. The van der Waals surface area contributed by atoms with Gasteiger partial charge in [-0.3, -0.25) is 19.2 Å². The number of unbranched alkanes of at least 4 members (excludes halogenated alkanes) is 1. The van der Waals surface area contributed by atoms with E-state index >= 15 is 0 Å². The molecular weight excluding hydrogens is 605 g/mol. The number of carbonyl (C=O) groups is 4. The Balaban J connectivity index is 2.10. The average molecular weight is 648 g/mol. The minimum Gasteiger partial charge on any atom is -0.377 e. The number of amides is 4. The molecule has 0 aromatic heterocycles. The highest BCUT2D eigenvalue weighted by Crippen LogP contribution is 2.08. The number of benzene rings is 1. The number of rotatable bonds is 20. The van der Waals surface area contributed by atoms with Gasteiger partial charge in [0.2, 0.25) is 23.6 Å². The zero-order valence-electron chi connectivity index (χ0n) is 22.6. The first-order chi connectivity index (χ1) is 18.0. The van der Waals surface area contributed by atoms with Crippen LogP contribution < -0.4 is 27.0 Å². The monoisotopic (exact) mass is 647 g/mol. The lowest BCUT2D eigenvalue weighted by atomic mass is 10.1. The topological polar surface area (TPSA) is 161 Å². The molecule has 214 valence electrons. The van der Waals surface area contributed by atoms with Crippen LogP contribution in [0.3, 0.4) is 0 Å². The van der Waals surface area contributed by atoms with Gasteiger partial charge in [0.25, 0.3) is 0 Å². The maximum absolute atomic E-state index is 12.1. The molecule has 0 aliphatic carbocycles. The molecule has 1 rings (SSSR count). The molecule has 0 radical (unpaired) electrons. The smallest absolute Gasteiger partial charge is 0.246 e. The van der Waals surface area contributed by atoms with Crippen LogP contribution in [0.4, 0.5) is 0 Å². The van der Waals surface area contributed by atoms with Gasteiger partial charge in [0.05, 0.1) is 25.4 Å². The van der Waals surface area contributed by atoms with Crippen molar-refractivity contribution in [3.8, 4) is 0 Å². The molecule has 0 aliphatic rings. The number of carbonyl (C=O) groups excluding carboxylic acids is 4. The Morgan fingerprint density at radius 1 is 0.947 bits per heavy atom. The molecule has 0 unspecified atom stereocenters. The SMILES string of the molecule is CNC(C)(C)C(=O)NCCOCCOCC(=O)N[C@@H](CCCCNC(=O)CCc1ccc(I)cc1)C(N)=O. The lowest BCUT2D eigenvalue weighted by Gasteiger charge is -2.22. The standard InChI is InChI=1S/C26H42IN5O6/c1-26(2,29-3)25(36)31-14-15-37-16-17-38-18-23(34)32-21(24(28)35)6-4-5-13-30-22(33)12-9-19-7-10-20(27)11-8-19/h7-8,10-11,21,29H,4-6,9,12-18H2,1-3H3,(H2,28,35)(H,30,33)(H,31,36)(H,32,34)/t21-/m0/s1. The molecule has 0 spiro atoms. The number of likely N-dealkylation sites (N-methyl/N-ethyl adjacent to an activating group) is 1. The Hall–Kier alpha value is -2.29. The molecule has 0 heterocycles. The largest absolute Gasteiger partial charge is 0.377 e. The van der Waals surface area contributed by atoms with E-state index in [0.717, 1.165) is 9.13 Å². The van der Waals surface area contributed by atoms with Crippen LogP contribution in [0.15, 0.2) is 24.3 Å². The van der Waals surface area contributed by atoms with Gasteiger partial charge in [-0.15, -0.1) is 0 Å². The zero-order valence-corrected chi connectivity index (χ0v) is 24.7. The van der Waals surface area contributed by atoms with E-state index in [-0.39, 0.29) is 31.6 Å². The van der Waals surface area contributed by atoms with Crippen molar-refractivity contribution >= 4 is 46.2 Å². The van der Waals surface area contributed by atoms with Crippen LogP contribution in [0.25, 0.3) is 0 Å². The van der Waals surface area contributed by atoms with E-state index in [0.29, 0.717) is 51.8 Å². The Morgan fingerprint density at radius 3 is 2.29 bits per heavy atom. The van der Waals surface area contributed by atoms with Crippen molar-refractivity contribution in [2.24, 2.45) is 5.73 Å². The summed E-state index contributed by atoms with van der Waals surface area (Å²) < 4.78 is 11.8. The second kappa shape index (κ2) is 18.9. The summed E-state index contributed by atoms with van der Waals surface area (Å²) in [6.45, 7) is 4.95. The number of primary amides is 1. The lowest BCUT2D eigenvalue weighted by Crippen LogP contribution is -2.51. The van der Waals surface area contributed by atoms with Gasteiger partial charge in [-0.2, -0.15) is 0 Å². The minimum atomic E-state index is -0.801. The number of nitrogens with two attached hydrogens (primary N) is 1. The summed E-state index contributed by atoms with van der Waals surface area (Å²) >= 11 is 2.24. The number of ether oxygens (including phenoxy) is 2. The van der Waals surface area contributed by atoms with Gasteiger partial charge in [-0.1, -0.05) is 12.1 Å². The average Bonchev–Trinajstić information content (AvgIpc) is 2.88. The minimum absolute atomic E-state index is 0.0214.